The Bertz CT molecular complexity index is 219. The molecule has 0 aromatic carbocycles. The minimum atomic E-state index is 0.508. The van der Waals surface area contributed by atoms with E-state index >= 15 is 0 Å². The fourth-order valence-corrected chi connectivity index (χ4v) is 4.54. The van der Waals surface area contributed by atoms with Gasteiger partial charge in [-0.15, -0.1) is 0 Å². The zero-order chi connectivity index (χ0) is 11.6. The highest BCUT2D eigenvalue weighted by molar-refractivity contribution is 7.99. The molecule has 0 aromatic rings. The second kappa shape index (κ2) is 5.30. The van der Waals surface area contributed by atoms with E-state index in [0.717, 1.165) is 18.0 Å². The number of hydrogen-bond acceptors (Lipinski definition) is 2. The summed E-state index contributed by atoms with van der Waals surface area (Å²) < 4.78 is 0. The molecule has 0 amide bonds. The predicted molar refractivity (Wildman–Crippen MR) is 74.1 cm³/mol. The molecule has 1 saturated carbocycles. The van der Waals surface area contributed by atoms with Gasteiger partial charge in [0.15, 0.2) is 0 Å². The van der Waals surface area contributed by atoms with Crippen molar-refractivity contribution in [1.29, 1.82) is 0 Å². The quantitative estimate of drug-likeness (QED) is 0.791. The Hall–Kier alpha value is 0.310. The number of thioether (sulfide) groups is 1. The van der Waals surface area contributed by atoms with Gasteiger partial charge in [0.1, 0.15) is 0 Å². The second-order valence-electron chi connectivity index (χ2n) is 6.49. The predicted octanol–water partition coefficient (Wildman–Crippen LogP) is 3.69. The Kier molecular flexibility index (Phi) is 4.23. The molecule has 2 aliphatic rings. The van der Waals surface area contributed by atoms with Crippen molar-refractivity contribution in [3.63, 3.8) is 0 Å². The molecule has 2 rings (SSSR count). The van der Waals surface area contributed by atoms with E-state index in [1.807, 2.05) is 0 Å². The molecule has 2 fully saturated rings. The Morgan fingerprint density at radius 1 is 1.12 bits per heavy atom. The van der Waals surface area contributed by atoms with E-state index < -0.39 is 0 Å². The lowest BCUT2D eigenvalue weighted by Crippen LogP contribution is -2.51. The minimum Gasteiger partial charge on any atom is -0.310 e. The SMILES string of the molecule is CC1CCC(NC2CSCCC2(C)C)CC1. The van der Waals surface area contributed by atoms with Gasteiger partial charge in [0.25, 0.3) is 0 Å². The summed E-state index contributed by atoms with van der Waals surface area (Å²) in [5.41, 5.74) is 0.508. The largest absolute Gasteiger partial charge is 0.310 e. The van der Waals surface area contributed by atoms with Gasteiger partial charge in [0.2, 0.25) is 0 Å². The Balaban J connectivity index is 1.84. The molecule has 1 heterocycles. The molecule has 0 spiro atoms. The van der Waals surface area contributed by atoms with Crippen molar-refractivity contribution >= 4 is 11.8 Å². The van der Waals surface area contributed by atoms with E-state index in [1.54, 1.807) is 0 Å². The topological polar surface area (TPSA) is 12.0 Å². The van der Waals surface area contributed by atoms with Crippen LogP contribution in [0.15, 0.2) is 0 Å². The van der Waals surface area contributed by atoms with Gasteiger partial charge < -0.3 is 5.32 Å². The molecule has 1 saturated heterocycles. The van der Waals surface area contributed by atoms with Gasteiger partial charge >= 0.3 is 0 Å². The summed E-state index contributed by atoms with van der Waals surface area (Å²) in [7, 11) is 0. The molecule has 1 nitrogen and oxygen atoms in total. The maximum Gasteiger partial charge on any atom is 0.0212 e. The smallest absolute Gasteiger partial charge is 0.0212 e. The molecule has 0 aromatic heterocycles. The summed E-state index contributed by atoms with van der Waals surface area (Å²) in [4.78, 5) is 0. The fourth-order valence-electron chi connectivity index (χ4n) is 2.92. The monoisotopic (exact) mass is 241 g/mol. The molecule has 1 aliphatic heterocycles. The van der Waals surface area contributed by atoms with Crippen LogP contribution < -0.4 is 5.32 Å². The molecule has 1 atom stereocenters. The van der Waals surface area contributed by atoms with Crippen molar-refractivity contribution in [2.75, 3.05) is 11.5 Å². The first-order valence-electron chi connectivity index (χ1n) is 6.92. The first kappa shape index (κ1) is 12.8. The van der Waals surface area contributed by atoms with Crippen LogP contribution in [0.25, 0.3) is 0 Å². The average molecular weight is 241 g/mol. The van der Waals surface area contributed by atoms with Crippen molar-refractivity contribution in [3.8, 4) is 0 Å². The molecule has 1 N–H and O–H groups in total. The van der Waals surface area contributed by atoms with Gasteiger partial charge in [0.05, 0.1) is 0 Å². The first-order chi connectivity index (χ1) is 7.58. The third kappa shape index (κ3) is 3.16. The van der Waals surface area contributed by atoms with Crippen molar-refractivity contribution in [1.82, 2.24) is 5.32 Å². The molecule has 1 unspecified atom stereocenters. The summed E-state index contributed by atoms with van der Waals surface area (Å²) in [5.74, 6) is 3.64. The molecule has 16 heavy (non-hydrogen) atoms. The van der Waals surface area contributed by atoms with Crippen LogP contribution in [-0.2, 0) is 0 Å². The molecular formula is C14H27NS. The van der Waals surface area contributed by atoms with Crippen LogP contribution in [0, 0.1) is 11.3 Å². The van der Waals surface area contributed by atoms with Gasteiger partial charge in [-0.3, -0.25) is 0 Å². The minimum absolute atomic E-state index is 0.508. The van der Waals surface area contributed by atoms with Crippen molar-refractivity contribution < 1.29 is 0 Å². The standard InChI is InChI=1S/C14H27NS/c1-11-4-6-12(7-5-11)15-13-10-16-9-8-14(13,2)3/h11-13,15H,4-10H2,1-3H3. The van der Waals surface area contributed by atoms with Crippen LogP contribution >= 0.6 is 11.8 Å². The molecular weight excluding hydrogens is 214 g/mol. The maximum atomic E-state index is 3.95. The maximum absolute atomic E-state index is 3.95. The fraction of sp³-hybridized carbons (Fsp3) is 1.00. The van der Waals surface area contributed by atoms with Crippen LogP contribution in [0.1, 0.15) is 52.9 Å². The van der Waals surface area contributed by atoms with E-state index in [1.165, 1.54) is 43.6 Å². The summed E-state index contributed by atoms with van der Waals surface area (Å²) in [6, 6.07) is 1.55. The van der Waals surface area contributed by atoms with Crippen LogP contribution in [-0.4, -0.2) is 23.6 Å². The number of nitrogens with one attached hydrogen (secondary N) is 1. The van der Waals surface area contributed by atoms with E-state index in [4.69, 9.17) is 0 Å². The summed E-state index contributed by atoms with van der Waals surface area (Å²) >= 11 is 2.13. The second-order valence-corrected chi connectivity index (χ2v) is 7.64. The highest BCUT2D eigenvalue weighted by atomic mass is 32.2. The molecule has 1 aliphatic carbocycles. The summed E-state index contributed by atoms with van der Waals surface area (Å²) in [6.45, 7) is 7.28. The third-order valence-electron chi connectivity index (χ3n) is 4.57. The van der Waals surface area contributed by atoms with E-state index in [-0.39, 0.29) is 0 Å². The average Bonchev–Trinajstić information content (AvgIpc) is 2.24. The Morgan fingerprint density at radius 3 is 2.44 bits per heavy atom. The molecule has 2 heteroatoms. The van der Waals surface area contributed by atoms with Crippen molar-refractivity contribution in [3.05, 3.63) is 0 Å². The molecule has 0 radical (unpaired) electrons. The molecule has 0 bridgehead atoms. The number of rotatable bonds is 2. The zero-order valence-electron chi connectivity index (χ0n) is 11.1. The Labute approximate surface area is 105 Å². The lowest BCUT2D eigenvalue weighted by atomic mass is 9.80. The van der Waals surface area contributed by atoms with Crippen molar-refractivity contribution in [2.24, 2.45) is 11.3 Å². The third-order valence-corrected chi connectivity index (χ3v) is 5.63. The lowest BCUT2D eigenvalue weighted by Gasteiger charge is -2.42. The van der Waals surface area contributed by atoms with E-state index in [9.17, 15) is 0 Å². The van der Waals surface area contributed by atoms with Crippen LogP contribution in [0.5, 0.6) is 0 Å². The highest BCUT2D eigenvalue weighted by Gasteiger charge is 2.34. The van der Waals surface area contributed by atoms with Crippen LogP contribution in [0.2, 0.25) is 0 Å². The van der Waals surface area contributed by atoms with E-state index in [2.05, 4.69) is 37.8 Å². The van der Waals surface area contributed by atoms with Crippen LogP contribution in [0.4, 0.5) is 0 Å². The van der Waals surface area contributed by atoms with Crippen molar-refractivity contribution in [2.45, 2.75) is 65.0 Å². The summed E-state index contributed by atoms with van der Waals surface area (Å²) in [5, 5.41) is 3.95. The van der Waals surface area contributed by atoms with E-state index in [0.29, 0.717) is 5.41 Å². The lowest BCUT2D eigenvalue weighted by molar-refractivity contribution is 0.200. The van der Waals surface area contributed by atoms with Gasteiger partial charge in [-0.1, -0.05) is 20.8 Å². The van der Waals surface area contributed by atoms with Crippen LogP contribution in [0.3, 0.4) is 0 Å². The highest BCUT2D eigenvalue weighted by Crippen LogP contribution is 2.35. The van der Waals surface area contributed by atoms with Gasteiger partial charge in [-0.2, -0.15) is 11.8 Å². The van der Waals surface area contributed by atoms with Gasteiger partial charge in [-0.25, -0.2) is 0 Å². The first-order valence-corrected chi connectivity index (χ1v) is 8.07. The molecule has 94 valence electrons. The number of hydrogen-bond donors (Lipinski definition) is 1. The van der Waals surface area contributed by atoms with Gasteiger partial charge in [0, 0.05) is 17.8 Å². The summed E-state index contributed by atoms with van der Waals surface area (Å²) in [6.07, 6.45) is 7.03. The zero-order valence-corrected chi connectivity index (χ0v) is 11.9. The van der Waals surface area contributed by atoms with Gasteiger partial charge in [-0.05, 0) is 49.2 Å². The Morgan fingerprint density at radius 2 is 1.81 bits per heavy atom. The normalized spacial score (nSPS) is 39.6.